The lowest BCUT2D eigenvalue weighted by Gasteiger charge is -2.25. The van der Waals surface area contributed by atoms with Crippen LogP contribution in [0.25, 0.3) is 0 Å². The maximum absolute atomic E-state index is 12.4. The summed E-state index contributed by atoms with van der Waals surface area (Å²) in [5.74, 6) is 1.41. The van der Waals surface area contributed by atoms with Crippen molar-refractivity contribution in [2.45, 2.75) is 64.7 Å². The molecule has 0 aliphatic carbocycles. The molecule has 2 aromatic carbocycles. The van der Waals surface area contributed by atoms with E-state index in [1.54, 1.807) is 18.9 Å². The number of esters is 1. The Labute approximate surface area is 207 Å². The number of hydrogen-bond acceptors (Lipinski definition) is 7. The summed E-state index contributed by atoms with van der Waals surface area (Å²) >= 11 is 1.67. The molecule has 1 aliphatic rings. The number of carbonyl (C=O) groups is 1. The fourth-order valence-corrected chi connectivity index (χ4v) is 4.53. The molecule has 186 valence electrons. The second kappa shape index (κ2) is 12.6. The molecule has 6 nitrogen and oxygen atoms in total. The third-order valence-corrected chi connectivity index (χ3v) is 6.52. The number of carbonyl (C=O) groups excluding carboxylic acids is 1. The normalized spacial score (nSPS) is 22.5. The monoisotopic (exact) mass is 488 g/mol. The van der Waals surface area contributed by atoms with E-state index in [0.717, 1.165) is 22.6 Å². The highest BCUT2D eigenvalue weighted by Gasteiger charge is 2.47. The van der Waals surface area contributed by atoms with Gasteiger partial charge in [0.15, 0.2) is 0 Å². The van der Waals surface area contributed by atoms with Crippen LogP contribution in [0.15, 0.2) is 54.6 Å². The van der Waals surface area contributed by atoms with Gasteiger partial charge in [0.25, 0.3) is 0 Å². The first-order valence-electron chi connectivity index (χ1n) is 11.7. The molecule has 1 heterocycles. The van der Waals surface area contributed by atoms with Crippen LogP contribution in [0.5, 0.6) is 5.75 Å². The summed E-state index contributed by atoms with van der Waals surface area (Å²) in [4.78, 5) is 12.4. The van der Waals surface area contributed by atoms with Crippen LogP contribution in [0, 0.1) is 5.41 Å². The summed E-state index contributed by atoms with van der Waals surface area (Å²) < 4.78 is 29.9. The van der Waals surface area contributed by atoms with Gasteiger partial charge in [0.2, 0.25) is 0 Å². The first kappa shape index (κ1) is 26.5. The van der Waals surface area contributed by atoms with Gasteiger partial charge in [-0.2, -0.15) is 0 Å². The van der Waals surface area contributed by atoms with E-state index >= 15 is 0 Å². The summed E-state index contributed by atoms with van der Waals surface area (Å²) in [5, 5.41) is 0. The third-order valence-electron chi connectivity index (χ3n) is 5.48. The summed E-state index contributed by atoms with van der Waals surface area (Å²) in [6, 6.07) is 17.8. The highest BCUT2D eigenvalue weighted by molar-refractivity contribution is 7.99. The van der Waals surface area contributed by atoms with E-state index in [1.165, 1.54) is 0 Å². The Bertz CT molecular complexity index is 880. The van der Waals surface area contributed by atoms with E-state index in [0.29, 0.717) is 13.2 Å². The second-order valence-electron chi connectivity index (χ2n) is 9.23. The average Bonchev–Trinajstić information content (AvgIpc) is 3.16. The molecule has 4 atom stereocenters. The lowest BCUT2D eigenvalue weighted by molar-refractivity contribution is -0.159. The molecular formula is C27H36O6S. The summed E-state index contributed by atoms with van der Waals surface area (Å²) in [6.07, 6.45) is -1.11. The predicted octanol–water partition coefficient (Wildman–Crippen LogP) is 5.23. The van der Waals surface area contributed by atoms with Crippen LogP contribution < -0.4 is 4.74 Å². The Hall–Kier alpha value is -2.06. The Morgan fingerprint density at radius 1 is 0.941 bits per heavy atom. The lowest BCUT2D eigenvalue weighted by atomic mass is 9.97. The molecule has 7 heteroatoms. The van der Waals surface area contributed by atoms with Crippen LogP contribution in [0.1, 0.15) is 38.8 Å². The molecule has 0 amide bonds. The number of rotatable bonds is 11. The van der Waals surface area contributed by atoms with Crippen molar-refractivity contribution in [3.8, 4) is 5.75 Å². The predicted molar refractivity (Wildman–Crippen MR) is 134 cm³/mol. The van der Waals surface area contributed by atoms with Gasteiger partial charge >= 0.3 is 5.97 Å². The number of hydrogen-bond donors (Lipinski definition) is 0. The van der Waals surface area contributed by atoms with Crippen LogP contribution in [0.3, 0.4) is 0 Å². The number of ether oxygens (including phenoxy) is 5. The largest absolute Gasteiger partial charge is 0.497 e. The molecule has 3 rings (SSSR count). The van der Waals surface area contributed by atoms with Crippen LogP contribution in [-0.4, -0.2) is 49.2 Å². The molecule has 0 N–H and O–H groups in total. The zero-order chi connectivity index (χ0) is 24.6. The molecule has 1 fully saturated rings. The van der Waals surface area contributed by atoms with E-state index < -0.39 is 11.5 Å². The topological polar surface area (TPSA) is 63.2 Å². The second-order valence-corrected chi connectivity index (χ2v) is 10.6. The van der Waals surface area contributed by atoms with Gasteiger partial charge < -0.3 is 23.7 Å². The molecule has 1 saturated heterocycles. The zero-order valence-corrected chi connectivity index (χ0v) is 21.5. The van der Waals surface area contributed by atoms with E-state index in [4.69, 9.17) is 23.7 Å². The van der Waals surface area contributed by atoms with Crippen molar-refractivity contribution in [3.05, 3.63) is 65.7 Å². The Kier molecular flexibility index (Phi) is 9.83. The quantitative estimate of drug-likeness (QED) is 0.401. The van der Waals surface area contributed by atoms with Gasteiger partial charge in [-0.1, -0.05) is 49.4 Å². The first-order chi connectivity index (χ1) is 16.3. The number of thioether (sulfide) groups is 1. The Balaban J connectivity index is 1.74. The van der Waals surface area contributed by atoms with Gasteiger partial charge in [-0.05, 0) is 49.8 Å². The molecule has 2 aromatic rings. The Morgan fingerprint density at radius 3 is 2.15 bits per heavy atom. The van der Waals surface area contributed by atoms with E-state index in [9.17, 15) is 4.79 Å². The van der Waals surface area contributed by atoms with Crippen molar-refractivity contribution < 1.29 is 28.5 Å². The average molecular weight is 489 g/mol. The Morgan fingerprint density at radius 2 is 1.56 bits per heavy atom. The third kappa shape index (κ3) is 7.47. The summed E-state index contributed by atoms with van der Waals surface area (Å²) in [6.45, 7) is 8.56. The fourth-order valence-electron chi connectivity index (χ4n) is 3.56. The standard InChI is InChI=1S/C27H36O6S/c1-6-34-25-24(31-17-20-12-14-21(29-5)15-13-20)23(30-16-19-10-8-7-9-11-19)22(33-25)18-32-26(28)27(2,3)4/h7-15,22-25H,6,16-18H2,1-5H3/t22-,23-,24+,25-/m1/s1. The maximum Gasteiger partial charge on any atom is 0.311 e. The minimum atomic E-state index is -0.583. The zero-order valence-electron chi connectivity index (χ0n) is 20.7. The summed E-state index contributed by atoms with van der Waals surface area (Å²) in [5.41, 5.74) is 1.29. The van der Waals surface area contributed by atoms with Crippen molar-refractivity contribution in [3.63, 3.8) is 0 Å². The minimum absolute atomic E-state index is 0.124. The van der Waals surface area contributed by atoms with E-state index in [1.807, 2.05) is 75.4 Å². The van der Waals surface area contributed by atoms with Crippen LogP contribution >= 0.6 is 11.8 Å². The van der Waals surface area contributed by atoms with Crippen molar-refractivity contribution in [2.75, 3.05) is 19.5 Å². The molecule has 0 spiro atoms. The van der Waals surface area contributed by atoms with Gasteiger partial charge in [-0.15, -0.1) is 11.8 Å². The van der Waals surface area contributed by atoms with Gasteiger partial charge in [-0.3, -0.25) is 4.79 Å². The SMILES string of the molecule is CCS[C@H]1O[C@H](COC(=O)C(C)(C)C)[C@@H](OCc2ccccc2)[C@@H]1OCc1ccc(OC)cc1. The van der Waals surface area contributed by atoms with Gasteiger partial charge in [-0.25, -0.2) is 0 Å². The van der Waals surface area contributed by atoms with E-state index in [2.05, 4.69) is 6.92 Å². The molecular weight excluding hydrogens is 452 g/mol. The molecule has 0 bridgehead atoms. The van der Waals surface area contributed by atoms with Crippen molar-refractivity contribution in [1.29, 1.82) is 0 Å². The van der Waals surface area contributed by atoms with Gasteiger partial charge in [0.1, 0.15) is 36.1 Å². The van der Waals surface area contributed by atoms with Crippen LogP contribution in [0.4, 0.5) is 0 Å². The number of methoxy groups -OCH3 is 1. The van der Waals surface area contributed by atoms with E-state index in [-0.39, 0.29) is 30.2 Å². The molecule has 34 heavy (non-hydrogen) atoms. The van der Waals surface area contributed by atoms with Gasteiger partial charge in [0, 0.05) is 0 Å². The van der Waals surface area contributed by atoms with Gasteiger partial charge in [0.05, 0.1) is 25.7 Å². The maximum atomic E-state index is 12.4. The van der Waals surface area contributed by atoms with Crippen LogP contribution in [-0.2, 0) is 37.0 Å². The highest BCUT2D eigenvalue weighted by Crippen LogP contribution is 2.35. The number of benzene rings is 2. The summed E-state index contributed by atoms with van der Waals surface area (Å²) in [7, 11) is 1.65. The first-order valence-corrected chi connectivity index (χ1v) is 12.7. The smallest absolute Gasteiger partial charge is 0.311 e. The molecule has 0 saturated carbocycles. The van der Waals surface area contributed by atoms with Crippen molar-refractivity contribution in [2.24, 2.45) is 5.41 Å². The molecule has 0 radical (unpaired) electrons. The minimum Gasteiger partial charge on any atom is -0.497 e. The molecule has 0 aromatic heterocycles. The molecule has 0 unspecified atom stereocenters. The van der Waals surface area contributed by atoms with Crippen molar-refractivity contribution in [1.82, 2.24) is 0 Å². The molecule has 1 aliphatic heterocycles. The fraction of sp³-hybridized carbons (Fsp3) is 0.519. The van der Waals surface area contributed by atoms with Crippen molar-refractivity contribution >= 4 is 17.7 Å². The highest BCUT2D eigenvalue weighted by atomic mass is 32.2. The van der Waals surface area contributed by atoms with Crippen LogP contribution in [0.2, 0.25) is 0 Å². The lowest BCUT2D eigenvalue weighted by Crippen LogP contribution is -2.39.